The van der Waals surface area contributed by atoms with E-state index in [-0.39, 0.29) is 17.4 Å². The number of primary amides is 1. The van der Waals surface area contributed by atoms with E-state index in [0.29, 0.717) is 18.8 Å². The second kappa shape index (κ2) is 5.22. The van der Waals surface area contributed by atoms with E-state index in [0.717, 1.165) is 19.5 Å². The van der Waals surface area contributed by atoms with Gasteiger partial charge in [-0.15, -0.1) is 0 Å². The van der Waals surface area contributed by atoms with Crippen molar-refractivity contribution in [1.29, 1.82) is 0 Å². The molecule has 0 spiro atoms. The maximum absolute atomic E-state index is 11.6. The summed E-state index contributed by atoms with van der Waals surface area (Å²) in [4.78, 5) is 24.8. The van der Waals surface area contributed by atoms with Crippen LogP contribution in [0.4, 0.5) is 5.69 Å². The number of anilines is 1. The minimum absolute atomic E-state index is 0.0532. The SMILES string of the molecule is NC(=O)C1CCN(CCn2cc(N)ccc2=O)C1. The van der Waals surface area contributed by atoms with E-state index in [1.165, 1.54) is 6.07 Å². The van der Waals surface area contributed by atoms with Crippen molar-refractivity contribution in [2.75, 3.05) is 25.4 Å². The van der Waals surface area contributed by atoms with Crippen molar-refractivity contribution < 1.29 is 4.79 Å². The van der Waals surface area contributed by atoms with Gasteiger partial charge in [-0.05, 0) is 19.0 Å². The van der Waals surface area contributed by atoms with E-state index >= 15 is 0 Å². The van der Waals surface area contributed by atoms with E-state index in [4.69, 9.17) is 11.5 Å². The zero-order valence-corrected chi connectivity index (χ0v) is 10.2. The third-order valence-corrected chi connectivity index (χ3v) is 3.34. The largest absolute Gasteiger partial charge is 0.398 e. The van der Waals surface area contributed by atoms with Crippen molar-refractivity contribution in [3.63, 3.8) is 0 Å². The molecule has 1 atom stereocenters. The highest BCUT2D eigenvalue weighted by Gasteiger charge is 2.25. The van der Waals surface area contributed by atoms with Gasteiger partial charge in [0, 0.05) is 37.6 Å². The molecule has 1 amide bonds. The molecule has 6 nitrogen and oxygen atoms in total. The standard InChI is InChI=1S/C12H18N4O2/c13-10-1-2-11(17)16(8-10)6-5-15-4-3-9(7-15)12(14)18/h1-2,8-9H,3-7,13H2,(H2,14,18). The van der Waals surface area contributed by atoms with Crippen LogP contribution in [0.15, 0.2) is 23.1 Å². The Bertz CT molecular complexity index is 497. The highest BCUT2D eigenvalue weighted by atomic mass is 16.1. The van der Waals surface area contributed by atoms with Gasteiger partial charge in [0.05, 0.1) is 5.92 Å². The predicted octanol–water partition coefficient (Wildman–Crippen LogP) is -0.762. The monoisotopic (exact) mass is 250 g/mol. The molecule has 0 aromatic carbocycles. The average Bonchev–Trinajstić information content (AvgIpc) is 2.79. The molecule has 0 aliphatic carbocycles. The molecule has 1 aliphatic rings. The highest BCUT2D eigenvalue weighted by molar-refractivity contribution is 5.77. The number of hydrogen-bond donors (Lipinski definition) is 2. The summed E-state index contributed by atoms with van der Waals surface area (Å²) in [6.45, 7) is 2.85. The molecule has 2 heterocycles. The normalized spacial score (nSPS) is 20.1. The van der Waals surface area contributed by atoms with Crippen molar-refractivity contribution in [3.8, 4) is 0 Å². The molecule has 2 rings (SSSR count). The van der Waals surface area contributed by atoms with Crippen molar-refractivity contribution in [3.05, 3.63) is 28.7 Å². The molecule has 0 saturated carbocycles. The number of amides is 1. The van der Waals surface area contributed by atoms with Gasteiger partial charge in [0.1, 0.15) is 0 Å². The first-order valence-corrected chi connectivity index (χ1v) is 6.04. The summed E-state index contributed by atoms with van der Waals surface area (Å²) in [6, 6.07) is 3.06. The van der Waals surface area contributed by atoms with Gasteiger partial charge in [0.15, 0.2) is 0 Å². The van der Waals surface area contributed by atoms with E-state index in [2.05, 4.69) is 4.90 Å². The van der Waals surface area contributed by atoms with Crippen LogP contribution in [0, 0.1) is 5.92 Å². The molecule has 0 bridgehead atoms. The van der Waals surface area contributed by atoms with Crippen LogP contribution >= 0.6 is 0 Å². The maximum atomic E-state index is 11.6. The van der Waals surface area contributed by atoms with Crippen molar-refractivity contribution in [1.82, 2.24) is 9.47 Å². The molecule has 1 aromatic heterocycles. The molecule has 0 radical (unpaired) electrons. The molecule has 1 aliphatic heterocycles. The van der Waals surface area contributed by atoms with E-state index < -0.39 is 0 Å². The number of pyridine rings is 1. The predicted molar refractivity (Wildman–Crippen MR) is 68.9 cm³/mol. The summed E-state index contributed by atoms with van der Waals surface area (Å²) < 4.78 is 1.59. The second-order valence-electron chi connectivity index (χ2n) is 4.68. The Balaban J connectivity index is 1.91. The van der Waals surface area contributed by atoms with Crippen LogP contribution < -0.4 is 17.0 Å². The van der Waals surface area contributed by atoms with Crippen molar-refractivity contribution in [2.24, 2.45) is 11.7 Å². The first-order valence-electron chi connectivity index (χ1n) is 6.04. The Labute approximate surface area is 105 Å². The van der Waals surface area contributed by atoms with Crippen LogP contribution in [0.1, 0.15) is 6.42 Å². The topological polar surface area (TPSA) is 94.3 Å². The average molecular weight is 250 g/mol. The molecule has 18 heavy (non-hydrogen) atoms. The van der Waals surface area contributed by atoms with Crippen LogP contribution in [0.25, 0.3) is 0 Å². The minimum atomic E-state index is -0.237. The van der Waals surface area contributed by atoms with Gasteiger partial charge in [-0.2, -0.15) is 0 Å². The van der Waals surface area contributed by atoms with Crippen LogP contribution in [0.5, 0.6) is 0 Å². The van der Waals surface area contributed by atoms with Gasteiger partial charge in [0.2, 0.25) is 5.91 Å². The zero-order valence-electron chi connectivity index (χ0n) is 10.2. The number of rotatable bonds is 4. The number of nitrogens with two attached hydrogens (primary N) is 2. The maximum Gasteiger partial charge on any atom is 0.250 e. The van der Waals surface area contributed by atoms with Crippen LogP contribution in [-0.4, -0.2) is 35.0 Å². The molecular weight excluding hydrogens is 232 g/mol. The lowest BCUT2D eigenvalue weighted by atomic mass is 10.1. The summed E-state index contributed by atoms with van der Waals surface area (Å²) >= 11 is 0. The summed E-state index contributed by atoms with van der Waals surface area (Å²) in [7, 11) is 0. The third-order valence-electron chi connectivity index (χ3n) is 3.34. The van der Waals surface area contributed by atoms with Crippen LogP contribution in [0.2, 0.25) is 0 Å². The summed E-state index contributed by atoms with van der Waals surface area (Å²) in [5.41, 5.74) is 11.4. The lowest BCUT2D eigenvalue weighted by Gasteiger charge is -2.16. The fourth-order valence-corrected chi connectivity index (χ4v) is 2.24. The Morgan fingerprint density at radius 3 is 2.83 bits per heavy atom. The van der Waals surface area contributed by atoms with Gasteiger partial charge >= 0.3 is 0 Å². The van der Waals surface area contributed by atoms with E-state index in [1.54, 1.807) is 16.8 Å². The Kier molecular flexibility index (Phi) is 3.66. The third kappa shape index (κ3) is 2.89. The van der Waals surface area contributed by atoms with Crippen molar-refractivity contribution >= 4 is 11.6 Å². The zero-order chi connectivity index (χ0) is 13.1. The minimum Gasteiger partial charge on any atom is -0.398 e. The number of nitrogen functional groups attached to an aromatic ring is 1. The van der Waals surface area contributed by atoms with Gasteiger partial charge in [-0.3, -0.25) is 9.59 Å². The number of carbonyl (C=O) groups is 1. The van der Waals surface area contributed by atoms with Gasteiger partial charge in [-0.25, -0.2) is 0 Å². The summed E-state index contributed by atoms with van der Waals surface area (Å²) in [5, 5.41) is 0. The molecular formula is C12H18N4O2. The summed E-state index contributed by atoms with van der Waals surface area (Å²) in [6.07, 6.45) is 2.45. The molecule has 98 valence electrons. The lowest BCUT2D eigenvalue weighted by Crippen LogP contribution is -2.31. The Morgan fingerprint density at radius 1 is 1.39 bits per heavy atom. The smallest absolute Gasteiger partial charge is 0.250 e. The van der Waals surface area contributed by atoms with Gasteiger partial charge in [0.25, 0.3) is 5.56 Å². The number of hydrogen-bond acceptors (Lipinski definition) is 4. The quantitative estimate of drug-likeness (QED) is 0.734. The van der Waals surface area contributed by atoms with Crippen LogP contribution in [-0.2, 0) is 11.3 Å². The lowest BCUT2D eigenvalue weighted by molar-refractivity contribution is -0.121. The Hall–Kier alpha value is -1.82. The number of carbonyl (C=O) groups excluding carboxylic acids is 1. The first kappa shape index (κ1) is 12.6. The number of aromatic nitrogens is 1. The van der Waals surface area contributed by atoms with Crippen LogP contribution in [0.3, 0.4) is 0 Å². The van der Waals surface area contributed by atoms with Gasteiger partial charge in [-0.1, -0.05) is 0 Å². The molecule has 1 saturated heterocycles. The number of likely N-dealkylation sites (tertiary alicyclic amines) is 1. The molecule has 6 heteroatoms. The molecule has 1 aromatic rings. The number of nitrogens with zero attached hydrogens (tertiary/aromatic N) is 2. The Morgan fingerprint density at radius 2 is 2.17 bits per heavy atom. The fourth-order valence-electron chi connectivity index (χ4n) is 2.24. The summed E-state index contributed by atoms with van der Waals surface area (Å²) in [5.74, 6) is -0.291. The van der Waals surface area contributed by atoms with E-state index in [1.807, 2.05) is 0 Å². The first-order chi connectivity index (χ1) is 8.56. The molecule has 4 N–H and O–H groups in total. The second-order valence-corrected chi connectivity index (χ2v) is 4.68. The molecule has 1 unspecified atom stereocenters. The van der Waals surface area contributed by atoms with Crippen molar-refractivity contribution in [2.45, 2.75) is 13.0 Å². The highest BCUT2D eigenvalue weighted by Crippen LogP contribution is 2.15. The molecule has 1 fully saturated rings. The fraction of sp³-hybridized carbons (Fsp3) is 0.500. The van der Waals surface area contributed by atoms with E-state index in [9.17, 15) is 9.59 Å². The van der Waals surface area contributed by atoms with Gasteiger partial charge < -0.3 is 20.9 Å².